The third kappa shape index (κ3) is 5.63. The van der Waals surface area contributed by atoms with Crippen molar-refractivity contribution in [2.45, 2.75) is 13.8 Å². The molecule has 0 aromatic heterocycles. The zero-order chi connectivity index (χ0) is 12.0. The number of hydrogen-bond donors (Lipinski definition) is 0. The Kier molecular flexibility index (Phi) is 5.32. The van der Waals surface area contributed by atoms with Gasteiger partial charge in [0.1, 0.15) is 5.83 Å². The lowest BCUT2D eigenvalue weighted by atomic mass is 10.1. The number of hydrogen-bond acceptors (Lipinski definition) is 0. The van der Waals surface area contributed by atoms with Crippen LogP contribution < -0.4 is 0 Å². The SMILES string of the molecule is C=C(C)/C=C\C(=C)C(=C)/C(F)=C\C(=C)C. The van der Waals surface area contributed by atoms with Crippen LogP contribution >= 0.6 is 0 Å². The van der Waals surface area contributed by atoms with E-state index in [4.69, 9.17) is 0 Å². The molecule has 0 saturated carbocycles. The summed E-state index contributed by atoms with van der Waals surface area (Å²) in [7, 11) is 0. The van der Waals surface area contributed by atoms with Gasteiger partial charge in [0, 0.05) is 5.57 Å². The van der Waals surface area contributed by atoms with Crippen LogP contribution in [0.25, 0.3) is 0 Å². The summed E-state index contributed by atoms with van der Waals surface area (Å²) >= 11 is 0. The van der Waals surface area contributed by atoms with Crippen molar-refractivity contribution >= 4 is 0 Å². The minimum Gasteiger partial charge on any atom is -0.206 e. The van der Waals surface area contributed by atoms with Gasteiger partial charge in [0.05, 0.1) is 0 Å². The molecule has 15 heavy (non-hydrogen) atoms. The fourth-order valence-electron chi connectivity index (χ4n) is 0.800. The molecule has 0 aliphatic rings. The van der Waals surface area contributed by atoms with Crippen molar-refractivity contribution in [3.05, 3.63) is 72.7 Å². The first-order valence-corrected chi connectivity index (χ1v) is 4.59. The lowest BCUT2D eigenvalue weighted by Crippen LogP contribution is -1.85. The molecule has 0 nitrogen and oxygen atoms in total. The Bertz CT molecular complexity index is 365. The van der Waals surface area contributed by atoms with Gasteiger partial charge in [-0.25, -0.2) is 4.39 Å². The van der Waals surface area contributed by atoms with Crippen molar-refractivity contribution in [3.8, 4) is 0 Å². The van der Waals surface area contributed by atoms with Crippen LogP contribution in [0.2, 0.25) is 0 Å². The quantitative estimate of drug-likeness (QED) is 0.571. The molecule has 0 radical (unpaired) electrons. The topological polar surface area (TPSA) is 0 Å². The highest BCUT2D eigenvalue weighted by Crippen LogP contribution is 2.19. The summed E-state index contributed by atoms with van der Waals surface area (Å²) in [6, 6.07) is 0. The number of allylic oxidation sites excluding steroid dienone is 8. The Labute approximate surface area is 91.5 Å². The highest BCUT2D eigenvalue weighted by molar-refractivity contribution is 5.48. The predicted molar refractivity (Wildman–Crippen MR) is 66.2 cm³/mol. The van der Waals surface area contributed by atoms with Crippen molar-refractivity contribution in [2.75, 3.05) is 0 Å². The van der Waals surface area contributed by atoms with Crippen molar-refractivity contribution in [3.63, 3.8) is 0 Å². The average molecular weight is 204 g/mol. The Balaban J connectivity index is 4.67. The smallest absolute Gasteiger partial charge is 0.130 e. The van der Waals surface area contributed by atoms with Gasteiger partial charge in [-0.3, -0.25) is 0 Å². The largest absolute Gasteiger partial charge is 0.206 e. The second-order valence-electron chi connectivity index (χ2n) is 3.52. The molecular formula is C14H17F. The van der Waals surface area contributed by atoms with Gasteiger partial charge in [0.25, 0.3) is 0 Å². The normalized spacial score (nSPS) is 11.5. The molecule has 0 rings (SSSR count). The predicted octanol–water partition coefficient (Wildman–Crippen LogP) is 4.66. The van der Waals surface area contributed by atoms with Crippen LogP contribution in [0, 0.1) is 0 Å². The first-order chi connectivity index (χ1) is 6.84. The summed E-state index contributed by atoms with van der Waals surface area (Å²) in [5, 5.41) is 0. The molecule has 0 aliphatic carbocycles. The monoisotopic (exact) mass is 204 g/mol. The molecule has 0 saturated heterocycles. The van der Waals surface area contributed by atoms with Crippen LogP contribution in [0.3, 0.4) is 0 Å². The Hall–Kier alpha value is -1.63. The summed E-state index contributed by atoms with van der Waals surface area (Å²) in [6.45, 7) is 18.2. The lowest BCUT2D eigenvalue weighted by molar-refractivity contribution is 0.655. The first kappa shape index (κ1) is 13.4. The van der Waals surface area contributed by atoms with E-state index in [0.717, 1.165) is 5.57 Å². The molecule has 0 aromatic rings. The molecule has 0 bridgehead atoms. The van der Waals surface area contributed by atoms with Crippen molar-refractivity contribution in [2.24, 2.45) is 0 Å². The van der Waals surface area contributed by atoms with E-state index in [1.165, 1.54) is 6.08 Å². The minimum absolute atomic E-state index is 0.274. The maximum absolute atomic E-state index is 13.4. The molecule has 0 amide bonds. The van der Waals surface area contributed by atoms with Crippen LogP contribution in [-0.4, -0.2) is 0 Å². The van der Waals surface area contributed by atoms with Gasteiger partial charge in [-0.2, -0.15) is 0 Å². The lowest BCUT2D eigenvalue weighted by Gasteiger charge is -2.02. The van der Waals surface area contributed by atoms with Crippen molar-refractivity contribution in [1.29, 1.82) is 0 Å². The minimum atomic E-state index is -0.404. The standard InChI is InChI=1S/C14H17F/c1-10(2)7-8-12(5)13(6)14(15)9-11(3)4/h7-9H,1,3,5-6H2,2,4H3/b8-7-,14-9+. The highest BCUT2D eigenvalue weighted by Gasteiger charge is 2.02. The van der Waals surface area contributed by atoms with Gasteiger partial charge in [0.15, 0.2) is 0 Å². The third-order valence-corrected chi connectivity index (χ3v) is 1.62. The average Bonchev–Trinajstić information content (AvgIpc) is 2.11. The van der Waals surface area contributed by atoms with Gasteiger partial charge in [0.2, 0.25) is 0 Å². The summed E-state index contributed by atoms with van der Waals surface area (Å²) in [5.74, 6) is -0.404. The van der Waals surface area contributed by atoms with Crippen molar-refractivity contribution < 1.29 is 4.39 Å². The van der Waals surface area contributed by atoms with Gasteiger partial charge in [-0.05, 0) is 25.5 Å². The van der Waals surface area contributed by atoms with E-state index in [9.17, 15) is 4.39 Å². The summed E-state index contributed by atoms with van der Waals surface area (Å²) in [5.41, 5.74) is 2.34. The van der Waals surface area contributed by atoms with Gasteiger partial charge < -0.3 is 0 Å². The third-order valence-electron chi connectivity index (χ3n) is 1.62. The Morgan fingerprint density at radius 1 is 0.933 bits per heavy atom. The second kappa shape index (κ2) is 5.97. The summed E-state index contributed by atoms with van der Waals surface area (Å²) < 4.78 is 13.4. The van der Waals surface area contributed by atoms with E-state index >= 15 is 0 Å². The van der Waals surface area contributed by atoms with E-state index < -0.39 is 5.83 Å². The van der Waals surface area contributed by atoms with E-state index in [1.807, 2.05) is 6.92 Å². The van der Waals surface area contributed by atoms with E-state index in [0.29, 0.717) is 11.1 Å². The molecule has 0 fully saturated rings. The Morgan fingerprint density at radius 2 is 1.47 bits per heavy atom. The maximum atomic E-state index is 13.4. The van der Waals surface area contributed by atoms with Gasteiger partial charge >= 0.3 is 0 Å². The molecule has 0 spiro atoms. The molecule has 0 atom stereocenters. The van der Waals surface area contributed by atoms with Crippen LogP contribution in [-0.2, 0) is 0 Å². The molecule has 0 heterocycles. The van der Waals surface area contributed by atoms with Crippen LogP contribution in [0.15, 0.2) is 72.7 Å². The van der Waals surface area contributed by atoms with Gasteiger partial charge in [-0.1, -0.05) is 49.6 Å². The molecular weight excluding hydrogens is 187 g/mol. The highest BCUT2D eigenvalue weighted by atomic mass is 19.1. The zero-order valence-corrected chi connectivity index (χ0v) is 9.44. The zero-order valence-electron chi connectivity index (χ0n) is 9.44. The molecule has 1 heteroatoms. The van der Waals surface area contributed by atoms with Gasteiger partial charge in [-0.15, -0.1) is 0 Å². The molecule has 0 aliphatic heterocycles. The fourth-order valence-corrected chi connectivity index (χ4v) is 0.800. The molecule has 0 unspecified atom stereocenters. The van der Waals surface area contributed by atoms with E-state index in [-0.39, 0.29) is 5.57 Å². The fraction of sp³-hybridized carbons (Fsp3) is 0.143. The van der Waals surface area contributed by atoms with E-state index in [2.05, 4.69) is 26.3 Å². The Morgan fingerprint density at radius 3 is 1.87 bits per heavy atom. The molecule has 0 N–H and O–H groups in total. The van der Waals surface area contributed by atoms with Crippen molar-refractivity contribution in [1.82, 2.24) is 0 Å². The maximum Gasteiger partial charge on any atom is 0.130 e. The summed E-state index contributed by atoms with van der Waals surface area (Å²) in [6.07, 6.45) is 4.79. The van der Waals surface area contributed by atoms with Crippen LogP contribution in [0.5, 0.6) is 0 Å². The number of halogens is 1. The van der Waals surface area contributed by atoms with E-state index in [1.54, 1.807) is 19.1 Å². The molecule has 0 aromatic carbocycles. The second-order valence-corrected chi connectivity index (χ2v) is 3.52. The molecule has 80 valence electrons. The van der Waals surface area contributed by atoms with Crippen LogP contribution in [0.1, 0.15) is 13.8 Å². The summed E-state index contributed by atoms with van der Waals surface area (Å²) in [4.78, 5) is 0. The first-order valence-electron chi connectivity index (χ1n) is 4.59. The van der Waals surface area contributed by atoms with Crippen LogP contribution in [0.4, 0.5) is 4.39 Å². The number of rotatable bonds is 5.